The van der Waals surface area contributed by atoms with Crippen LogP contribution in [0.4, 0.5) is 0 Å². The second-order valence-corrected chi connectivity index (χ2v) is 8.82. The third-order valence-electron chi connectivity index (χ3n) is 6.56. The van der Waals surface area contributed by atoms with E-state index >= 15 is 0 Å². The van der Waals surface area contributed by atoms with Gasteiger partial charge in [-0.1, -0.05) is 55.8 Å². The molecule has 5 rings (SSSR count). The van der Waals surface area contributed by atoms with Gasteiger partial charge in [-0.05, 0) is 48.1 Å². The van der Waals surface area contributed by atoms with Crippen LogP contribution < -0.4 is 14.2 Å². The van der Waals surface area contributed by atoms with E-state index in [0.29, 0.717) is 12.4 Å². The first-order valence-corrected chi connectivity index (χ1v) is 11.9. The lowest BCUT2D eigenvalue weighted by atomic mass is 10.0. The van der Waals surface area contributed by atoms with Crippen LogP contribution in [-0.4, -0.2) is 18.8 Å². The molecule has 0 bridgehead atoms. The van der Waals surface area contributed by atoms with E-state index in [2.05, 4.69) is 60.9 Å². The van der Waals surface area contributed by atoms with E-state index in [1.165, 1.54) is 27.4 Å². The van der Waals surface area contributed by atoms with Crippen molar-refractivity contribution in [3.05, 3.63) is 77.9 Å². The minimum Gasteiger partial charge on any atom is -0.493 e. The van der Waals surface area contributed by atoms with E-state index in [-0.39, 0.29) is 0 Å². The van der Waals surface area contributed by atoms with Gasteiger partial charge in [-0.25, -0.2) is 0 Å². The lowest BCUT2D eigenvalue weighted by Gasteiger charge is -2.15. The third-order valence-corrected chi connectivity index (χ3v) is 6.56. The van der Waals surface area contributed by atoms with Crippen LogP contribution in [0.15, 0.2) is 66.7 Å². The van der Waals surface area contributed by atoms with Gasteiger partial charge >= 0.3 is 0 Å². The minimum atomic E-state index is 0.504. The molecule has 5 aromatic rings. The first-order chi connectivity index (χ1) is 16.6. The highest BCUT2D eigenvalue weighted by Crippen LogP contribution is 2.44. The smallest absolute Gasteiger partial charge is 0.161 e. The molecule has 0 radical (unpaired) electrons. The Balaban J connectivity index is 1.82. The maximum atomic E-state index is 6.46. The van der Waals surface area contributed by atoms with E-state index in [1.807, 2.05) is 24.3 Å². The lowest BCUT2D eigenvalue weighted by molar-refractivity contribution is 0.310. The summed E-state index contributed by atoms with van der Waals surface area (Å²) in [5, 5.41) is 4.62. The van der Waals surface area contributed by atoms with Gasteiger partial charge in [-0.15, -0.1) is 0 Å². The van der Waals surface area contributed by atoms with Crippen molar-refractivity contribution in [2.75, 3.05) is 14.2 Å². The highest BCUT2D eigenvalue weighted by molar-refractivity contribution is 6.22. The molecule has 0 atom stereocenters. The van der Waals surface area contributed by atoms with E-state index in [9.17, 15) is 0 Å². The largest absolute Gasteiger partial charge is 0.493 e. The zero-order valence-corrected chi connectivity index (χ0v) is 20.4. The first-order valence-electron chi connectivity index (χ1n) is 11.9. The van der Waals surface area contributed by atoms with Crippen LogP contribution in [0.5, 0.6) is 17.2 Å². The Bertz CT molecular complexity index is 1470. The van der Waals surface area contributed by atoms with Crippen molar-refractivity contribution >= 4 is 32.6 Å². The molecular weight excluding hydrogens is 422 g/mol. The molecule has 0 aliphatic carbocycles. The van der Waals surface area contributed by atoms with Crippen molar-refractivity contribution < 1.29 is 14.2 Å². The fourth-order valence-corrected chi connectivity index (χ4v) is 4.82. The van der Waals surface area contributed by atoms with Gasteiger partial charge in [0, 0.05) is 34.3 Å². The highest BCUT2D eigenvalue weighted by atomic mass is 16.5. The van der Waals surface area contributed by atoms with Gasteiger partial charge in [-0.3, -0.25) is 0 Å². The summed E-state index contributed by atoms with van der Waals surface area (Å²) in [6, 6.07) is 23.4. The summed E-state index contributed by atoms with van der Waals surface area (Å²) in [6.07, 6.45) is 2.26. The number of nitrogens with zero attached hydrogens (tertiary/aromatic N) is 1. The van der Waals surface area contributed by atoms with Crippen molar-refractivity contribution in [1.29, 1.82) is 0 Å². The number of benzene rings is 4. The van der Waals surface area contributed by atoms with Gasteiger partial charge in [0.1, 0.15) is 12.4 Å². The molecule has 0 aliphatic heterocycles. The standard InChI is InChI=1S/C30H31NO3/c1-5-6-14-31-25-15-20(2)12-13-22(25)30-24-17-29(33-4)28(32-3)16-23(24)27(18-26(30)31)34-19-21-10-8-7-9-11-21/h7-13,15-18H,5-6,14,19H2,1-4H3. The van der Waals surface area contributed by atoms with Crippen molar-refractivity contribution in [2.24, 2.45) is 0 Å². The van der Waals surface area contributed by atoms with Crippen molar-refractivity contribution in [2.45, 2.75) is 39.8 Å². The van der Waals surface area contributed by atoms with Crippen LogP contribution in [0.25, 0.3) is 32.6 Å². The lowest BCUT2D eigenvalue weighted by Crippen LogP contribution is -2.00. The van der Waals surface area contributed by atoms with Crippen LogP contribution in [0.2, 0.25) is 0 Å². The van der Waals surface area contributed by atoms with Gasteiger partial charge in [0.15, 0.2) is 11.5 Å². The number of aryl methyl sites for hydroxylation is 2. The molecule has 0 spiro atoms. The molecular formula is C30H31NO3. The van der Waals surface area contributed by atoms with Gasteiger partial charge in [0.25, 0.3) is 0 Å². The third kappa shape index (κ3) is 3.83. The molecule has 34 heavy (non-hydrogen) atoms. The number of fused-ring (bicyclic) bond motifs is 5. The molecule has 1 heterocycles. The summed E-state index contributed by atoms with van der Waals surface area (Å²) in [4.78, 5) is 0. The average Bonchev–Trinajstić information content (AvgIpc) is 3.17. The quantitative estimate of drug-likeness (QED) is 0.242. The summed E-state index contributed by atoms with van der Waals surface area (Å²) in [5.41, 5.74) is 4.85. The molecule has 4 aromatic carbocycles. The number of hydrogen-bond acceptors (Lipinski definition) is 3. The molecule has 174 valence electrons. The fraction of sp³-hybridized carbons (Fsp3) is 0.267. The highest BCUT2D eigenvalue weighted by Gasteiger charge is 2.19. The van der Waals surface area contributed by atoms with Crippen LogP contribution in [0.3, 0.4) is 0 Å². The first kappa shape index (κ1) is 22.1. The number of aromatic nitrogens is 1. The SMILES string of the molecule is CCCCn1c2cc(C)ccc2c2c3cc(OC)c(OC)cc3c(OCc3ccccc3)cc21. The Labute approximate surface area is 200 Å². The van der Waals surface area contributed by atoms with Crippen molar-refractivity contribution in [3.8, 4) is 17.2 Å². The number of unbranched alkanes of at least 4 members (excludes halogenated alkanes) is 1. The molecule has 4 nitrogen and oxygen atoms in total. The number of methoxy groups -OCH3 is 2. The zero-order valence-electron chi connectivity index (χ0n) is 20.4. The monoisotopic (exact) mass is 453 g/mol. The molecule has 4 heteroatoms. The predicted molar refractivity (Wildman–Crippen MR) is 140 cm³/mol. The minimum absolute atomic E-state index is 0.504. The van der Waals surface area contributed by atoms with Crippen molar-refractivity contribution in [1.82, 2.24) is 4.57 Å². The Kier molecular flexibility index (Phi) is 6.06. The van der Waals surface area contributed by atoms with Crippen LogP contribution in [0.1, 0.15) is 30.9 Å². The van der Waals surface area contributed by atoms with E-state index in [1.54, 1.807) is 14.2 Å². The maximum absolute atomic E-state index is 6.46. The molecule has 0 amide bonds. The number of hydrogen-bond donors (Lipinski definition) is 0. The molecule has 0 unspecified atom stereocenters. The zero-order chi connectivity index (χ0) is 23.7. The van der Waals surface area contributed by atoms with E-state index in [0.717, 1.165) is 47.2 Å². The summed E-state index contributed by atoms with van der Waals surface area (Å²) in [5.74, 6) is 2.27. The summed E-state index contributed by atoms with van der Waals surface area (Å²) in [7, 11) is 3.36. The molecule has 0 saturated carbocycles. The average molecular weight is 454 g/mol. The van der Waals surface area contributed by atoms with Gasteiger partial charge in [0.2, 0.25) is 0 Å². The Morgan fingerprint density at radius 3 is 2.18 bits per heavy atom. The fourth-order valence-electron chi connectivity index (χ4n) is 4.82. The topological polar surface area (TPSA) is 32.6 Å². The molecule has 0 aliphatic rings. The second kappa shape index (κ2) is 9.30. The summed E-state index contributed by atoms with van der Waals surface area (Å²) in [6.45, 7) is 5.86. The normalized spacial score (nSPS) is 11.4. The van der Waals surface area contributed by atoms with Crippen LogP contribution in [0, 0.1) is 6.92 Å². The summed E-state index contributed by atoms with van der Waals surface area (Å²) < 4.78 is 20.2. The van der Waals surface area contributed by atoms with Gasteiger partial charge in [-0.2, -0.15) is 0 Å². The Hall–Kier alpha value is -3.66. The molecule has 0 saturated heterocycles. The van der Waals surface area contributed by atoms with E-state index in [4.69, 9.17) is 14.2 Å². The molecule has 0 N–H and O–H groups in total. The van der Waals surface area contributed by atoms with Gasteiger partial charge in [0.05, 0.1) is 19.7 Å². The molecule has 0 fully saturated rings. The van der Waals surface area contributed by atoms with Gasteiger partial charge < -0.3 is 18.8 Å². The number of ether oxygens (including phenoxy) is 3. The van der Waals surface area contributed by atoms with Crippen LogP contribution in [-0.2, 0) is 13.2 Å². The van der Waals surface area contributed by atoms with Crippen LogP contribution >= 0.6 is 0 Å². The second-order valence-electron chi connectivity index (χ2n) is 8.82. The molecule has 1 aromatic heterocycles. The Morgan fingerprint density at radius 1 is 0.735 bits per heavy atom. The predicted octanol–water partition coefficient (Wildman–Crippen LogP) is 7.65. The summed E-state index contributed by atoms with van der Waals surface area (Å²) >= 11 is 0. The van der Waals surface area contributed by atoms with Crippen molar-refractivity contribution in [3.63, 3.8) is 0 Å². The Morgan fingerprint density at radius 2 is 1.47 bits per heavy atom. The maximum Gasteiger partial charge on any atom is 0.161 e. The van der Waals surface area contributed by atoms with E-state index < -0.39 is 0 Å². The number of rotatable bonds is 8.